The standard InChI is InChI=1S/C16H20N2O2/c1-16(20,18-14-10-6-3-7-11-14)15(12-19)17-13-8-4-2-5-9-13/h2-11,15,17-20H,12H2,1H3. The summed E-state index contributed by atoms with van der Waals surface area (Å²) in [7, 11) is 0. The summed E-state index contributed by atoms with van der Waals surface area (Å²) < 4.78 is 0. The van der Waals surface area contributed by atoms with Crippen LogP contribution in [0.4, 0.5) is 11.4 Å². The molecule has 2 aromatic rings. The molecule has 0 aliphatic heterocycles. The first kappa shape index (κ1) is 14.4. The zero-order valence-corrected chi connectivity index (χ0v) is 11.5. The number of hydrogen-bond acceptors (Lipinski definition) is 4. The molecule has 4 N–H and O–H groups in total. The molecule has 0 aliphatic carbocycles. The Morgan fingerprint density at radius 1 is 0.950 bits per heavy atom. The van der Waals surface area contributed by atoms with Crippen LogP contribution in [0.5, 0.6) is 0 Å². The summed E-state index contributed by atoms with van der Waals surface area (Å²) in [5, 5.41) is 26.2. The predicted octanol–water partition coefficient (Wildman–Crippen LogP) is 2.28. The van der Waals surface area contributed by atoms with Gasteiger partial charge < -0.3 is 20.8 Å². The Labute approximate surface area is 119 Å². The van der Waals surface area contributed by atoms with E-state index in [0.717, 1.165) is 11.4 Å². The van der Waals surface area contributed by atoms with Gasteiger partial charge in [-0.25, -0.2) is 0 Å². The summed E-state index contributed by atoms with van der Waals surface area (Å²) in [6.45, 7) is 1.44. The van der Waals surface area contributed by atoms with Crippen LogP contribution in [-0.4, -0.2) is 28.6 Å². The van der Waals surface area contributed by atoms with E-state index in [1.807, 2.05) is 60.7 Å². The molecule has 0 radical (unpaired) electrons. The maximum atomic E-state index is 10.6. The maximum Gasteiger partial charge on any atom is 0.155 e. The Morgan fingerprint density at radius 2 is 1.45 bits per heavy atom. The molecule has 4 nitrogen and oxygen atoms in total. The van der Waals surface area contributed by atoms with Crippen molar-refractivity contribution in [1.29, 1.82) is 0 Å². The molecule has 0 aliphatic rings. The zero-order chi connectivity index (χ0) is 14.4. The van der Waals surface area contributed by atoms with Crippen LogP contribution in [0.15, 0.2) is 60.7 Å². The molecule has 0 fully saturated rings. The number of para-hydroxylation sites is 2. The van der Waals surface area contributed by atoms with E-state index in [1.165, 1.54) is 0 Å². The number of benzene rings is 2. The molecular formula is C16H20N2O2. The second-order valence-electron chi connectivity index (χ2n) is 4.88. The highest BCUT2D eigenvalue weighted by Gasteiger charge is 2.31. The van der Waals surface area contributed by atoms with Crippen molar-refractivity contribution < 1.29 is 10.2 Å². The van der Waals surface area contributed by atoms with Crippen LogP contribution < -0.4 is 10.6 Å². The lowest BCUT2D eigenvalue weighted by molar-refractivity contribution is 0.0465. The fourth-order valence-corrected chi connectivity index (χ4v) is 2.00. The smallest absolute Gasteiger partial charge is 0.155 e. The zero-order valence-electron chi connectivity index (χ0n) is 11.5. The van der Waals surface area contributed by atoms with Gasteiger partial charge in [0.05, 0.1) is 12.6 Å². The normalized spacial score (nSPS) is 15.2. The monoisotopic (exact) mass is 272 g/mol. The van der Waals surface area contributed by atoms with Gasteiger partial charge in [-0.05, 0) is 31.2 Å². The van der Waals surface area contributed by atoms with Gasteiger partial charge in [-0.2, -0.15) is 0 Å². The molecule has 0 heterocycles. The van der Waals surface area contributed by atoms with E-state index in [9.17, 15) is 10.2 Å². The summed E-state index contributed by atoms with van der Waals surface area (Å²) >= 11 is 0. The quantitative estimate of drug-likeness (QED) is 0.609. The fourth-order valence-electron chi connectivity index (χ4n) is 2.00. The average Bonchev–Trinajstić information content (AvgIpc) is 2.46. The minimum Gasteiger partial charge on any atom is -0.394 e. The van der Waals surface area contributed by atoms with E-state index in [0.29, 0.717) is 0 Å². The first-order valence-corrected chi connectivity index (χ1v) is 6.60. The van der Waals surface area contributed by atoms with Crippen LogP contribution in [0, 0.1) is 0 Å². The Bertz CT molecular complexity index is 515. The molecule has 4 heteroatoms. The fraction of sp³-hybridized carbons (Fsp3) is 0.250. The molecule has 0 spiro atoms. The van der Waals surface area contributed by atoms with Crippen LogP contribution >= 0.6 is 0 Å². The third-order valence-corrected chi connectivity index (χ3v) is 3.15. The van der Waals surface area contributed by atoms with Crippen molar-refractivity contribution in [1.82, 2.24) is 0 Å². The van der Waals surface area contributed by atoms with Gasteiger partial charge in [0.15, 0.2) is 5.72 Å². The van der Waals surface area contributed by atoms with Crippen LogP contribution in [0.1, 0.15) is 6.92 Å². The third kappa shape index (κ3) is 3.73. The van der Waals surface area contributed by atoms with E-state index in [-0.39, 0.29) is 6.61 Å². The maximum absolute atomic E-state index is 10.6. The number of aliphatic hydroxyl groups excluding tert-OH is 1. The van der Waals surface area contributed by atoms with Gasteiger partial charge in [-0.3, -0.25) is 0 Å². The largest absolute Gasteiger partial charge is 0.394 e. The average molecular weight is 272 g/mol. The molecule has 0 bridgehead atoms. The number of hydrogen-bond donors (Lipinski definition) is 4. The van der Waals surface area contributed by atoms with Crippen molar-refractivity contribution in [2.45, 2.75) is 18.7 Å². The van der Waals surface area contributed by atoms with Crippen molar-refractivity contribution in [2.24, 2.45) is 0 Å². The van der Waals surface area contributed by atoms with Gasteiger partial charge in [0, 0.05) is 11.4 Å². The van der Waals surface area contributed by atoms with Crippen molar-refractivity contribution in [3.8, 4) is 0 Å². The summed E-state index contributed by atoms with van der Waals surface area (Å²) in [6, 6.07) is 18.4. The van der Waals surface area contributed by atoms with Crippen molar-refractivity contribution in [3.63, 3.8) is 0 Å². The minimum atomic E-state index is -1.29. The molecule has 0 aromatic heterocycles. The van der Waals surface area contributed by atoms with E-state index >= 15 is 0 Å². The van der Waals surface area contributed by atoms with Gasteiger partial charge in [0.2, 0.25) is 0 Å². The summed E-state index contributed by atoms with van der Waals surface area (Å²) in [6.07, 6.45) is 0. The van der Waals surface area contributed by atoms with Gasteiger partial charge in [-0.15, -0.1) is 0 Å². The van der Waals surface area contributed by atoms with Crippen molar-refractivity contribution >= 4 is 11.4 Å². The molecule has 2 aromatic carbocycles. The summed E-state index contributed by atoms with van der Waals surface area (Å²) in [5.41, 5.74) is 0.360. The SMILES string of the molecule is CC(O)(Nc1ccccc1)C(CO)Nc1ccccc1. The van der Waals surface area contributed by atoms with Crippen LogP contribution in [0.3, 0.4) is 0 Å². The third-order valence-electron chi connectivity index (χ3n) is 3.15. The number of anilines is 2. The van der Waals surface area contributed by atoms with Crippen LogP contribution in [0.25, 0.3) is 0 Å². The molecule has 0 saturated carbocycles. The molecule has 2 atom stereocenters. The molecule has 20 heavy (non-hydrogen) atoms. The molecule has 106 valence electrons. The first-order chi connectivity index (χ1) is 9.62. The second-order valence-corrected chi connectivity index (χ2v) is 4.88. The molecule has 0 saturated heterocycles. The number of nitrogens with one attached hydrogen (secondary N) is 2. The summed E-state index contributed by atoms with van der Waals surface area (Å²) in [5.74, 6) is 0. The molecule has 0 amide bonds. The lowest BCUT2D eigenvalue weighted by Gasteiger charge is -2.34. The van der Waals surface area contributed by atoms with Gasteiger partial charge >= 0.3 is 0 Å². The second kappa shape index (κ2) is 6.41. The number of aliphatic hydroxyl groups is 2. The lowest BCUT2D eigenvalue weighted by Crippen LogP contribution is -2.52. The Kier molecular flexibility index (Phi) is 4.61. The highest BCUT2D eigenvalue weighted by molar-refractivity contribution is 5.48. The Morgan fingerprint density at radius 3 is 1.95 bits per heavy atom. The van der Waals surface area contributed by atoms with Crippen LogP contribution in [0.2, 0.25) is 0 Å². The molecule has 2 rings (SSSR count). The van der Waals surface area contributed by atoms with Gasteiger partial charge in [0.1, 0.15) is 0 Å². The van der Waals surface area contributed by atoms with Crippen molar-refractivity contribution in [2.75, 3.05) is 17.2 Å². The van der Waals surface area contributed by atoms with E-state index in [4.69, 9.17) is 0 Å². The van der Waals surface area contributed by atoms with E-state index < -0.39 is 11.8 Å². The van der Waals surface area contributed by atoms with E-state index in [2.05, 4.69) is 10.6 Å². The molecule has 2 unspecified atom stereocenters. The lowest BCUT2D eigenvalue weighted by atomic mass is 10.1. The van der Waals surface area contributed by atoms with Crippen molar-refractivity contribution in [3.05, 3.63) is 60.7 Å². The van der Waals surface area contributed by atoms with Crippen LogP contribution in [-0.2, 0) is 0 Å². The molecular weight excluding hydrogens is 252 g/mol. The highest BCUT2D eigenvalue weighted by Crippen LogP contribution is 2.19. The van der Waals surface area contributed by atoms with E-state index in [1.54, 1.807) is 6.92 Å². The minimum absolute atomic E-state index is 0.193. The first-order valence-electron chi connectivity index (χ1n) is 6.60. The Balaban J connectivity index is 2.09. The number of rotatable bonds is 6. The van der Waals surface area contributed by atoms with Gasteiger partial charge in [0.25, 0.3) is 0 Å². The highest BCUT2D eigenvalue weighted by atomic mass is 16.3. The predicted molar refractivity (Wildman–Crippen MR) is 81.6 cm³/mol. The Hall–Kier alpha value is -2.04. The topological polar surface area (TPSA) is 64.5 Å². The summed E-state index contributed by atoms with van der Waals surface area (Å²) in [4.78, 5) is 0. The van der Waals surface area contributed by atoms with Gasteiger partial charge in [-0.1, -0.05) is 36.4 Å².